The highest BCUT2D eigenvalue weighted by Gasteiger charge is 2.25. The third-order valence-corrected chi connectivity index (χ3v) is 6.09. The van der Waals surface area contributed by atoms with E-state index in [1.54, 1.807) is 44.2 Å². The molecule has 0 radical (unpaired) electrons. The van der Waals surface area contributed by atoms with Crippen molar-refractivity contribution in [2.45, 2.75) is 18.7 Å². The fourth-order valence-corrected chi connectivity index (χ4v) is 4.61. The number of nitrogens with zero attached hydrogens (tertiary/aromatic N) is 4. The first-order valence-corrected chi connectivity index (χ1v) is 10.5. The average molecular weight is 405 g/mol. The molecule has 4 aromatic rings. The SMILES string of the molecule is Cc1nn(-c2ccc(-c3ccccc3)nn2)c(C)c1S(=O)(=O)Nc1ccccc1. The molecule has 0 aliphatic rings. The smallest absolute Gasteiger partial charge is 0.265 e. The van der Waals surface area contributed by atoms with E-state index in [4.69, 9.17) is 0 Å². The van der Waals surface area contributed by atoms with Crippen LogP contribution in [0.25, 0.3) is 17.1 Å². The molecular weight excluding hydrogens is 386 g/mol. The summed E-state index contributed by atoms with van der Waals surface area (Å²) in [7, 11) is -3.79. The van der Waals surface area contributed by atoms with Gasteiger partial charge in [-0.05, 0) is 38.1 Å². The molecular formula is C21H19N5O2S. The van der Waals surface area contributed by atoms with E-state index in [9.17, 15) is 8.42 Å². The minimum Gasteiger partial charge on any atom is -0.280 e. The number of hydrogen-bond donors (Lipinski definition) is 1. The van der Waals surface area contributed by atoms with Crippen LogP contribution in [0.2, 0.25) is 0 Å². The van der Waals surface area contributed by atoms with Crippen molar-refractivity contribution in [3.63, 3.8) is 0 Å². The van der Waals surface area contributed by atoms with E-state index in [1.807, 2.05) is 42.5 Å². The summed E-state index contributed by atoms with van der Waals surface area (Å²) in [5, 5.41) is 12.9. The molecule has 146 valence electrons. The van der Waals surface area contributed by atoms with Gasteiger partial charge in [0.05, 0.1) is 17.1 Å². The maximum Gasteiger partial charge on any atom is 0.265 e. The molecule has 0 aliphatic carbocycles. The number of sulfonamides is 1. The van der Waals surface area contributed by atoms with Crippen LogP contribution in [0.15, 0.2) is 77.7 Å². The predicted molar refractivity (Wildman–Crippen MR) is 111 cm³/mol. The second-order valence-electron chi connectivity index (χ2n) is 6.53. The van der Waals surface area contributed by atoms with Crippen molar-refractivity contribution in [1.29, 1.82) is 0 Å². The zero-order valence-electron chi connectivity index (χ0n) is 15.9. The van der Waals surface area contributed by atoms with E-state index < -0.39 is 10.0 Å². The van der Waals surface area contributed by atoms with Crippen LogP contribution in [-0.2, 0) is 10.0 Å². The van der Waals surface area contributed by atoms with Gasteiger partial charge in [-0.1, -0.05) is 48.5 Å². The Hall–Kier alpha value is -3.52. The monoisotopic (exact) mass is 405 g/mol. The standard InChI is InChI=1S/C21H19N5O2S/c1-15-21(29(27,28)25-18-11-7-4-8-12-18)16(2)26(24-15)20-14-13-19(22-23-20)17-9-5-3-6-10-17/h3-14,25H,1-2H3. The normalized spacial score (nSPS) is 11.4. The minimum absolute atomic E-state index is 0.135. The van der Waals surface area contributed by atoms with Crippen LogP contribution >= 0.6 is 0 Å². The Bertz CT molecular complexity index is 1240. The lowest BCUT2D eigenvalue weighted by molar-refractivity contribution is 0.600. The van der Waals surface area contributed by atoms with Crippen molar-refractivity contribution in [3.8, 4) is 17.1 Å². The Kier molecular flexibility index (Phi) is 4.85. The van der Waals surface area contributed by atoms with Gasteiger partial charge in [0.15, 0.2) is 5.82 Å². The van der Waals surface area contributed by atoms with Crippen LogP contribution in [0.1, 0.15) is 11.4 Å². The number of para-hydroxylation sites is 1. The summed E-state index contributed by atoms with van der Waals surface area (Å²) < 4.78 is 29.9. The van der Waals surface area contributed by atoms with Crippen molar-refractivity contribution in [2.75, 3.05) is 4.72 Å². The van der Waals surface area contributed by atoms with E-state index >= 15 is 0 Å². The Morgan fingerprint density at radius 2 is 1.48 bits per heavy atom. The third kappa shape index (κ3) is 3.74. The van der Waals surface area contributed by atoms with E-state index in [2.05, 4.69) is 20.0 Å². The van der Waals surface area contributed by atoms with E-state index in [-0.39, 0.29) is 4.90 Å². The average Bonchev–Trinajstić information content (AvgIpc) is 3.04. The predicted octanol–water partition coefficient (Wildman–Crippen LogP) is 3.75. The summed E-state index contributed by atoms with van der Waals surface area (Å²) in [6, 6.07) is 22.1. The van der Waals surface area contributed by atoms with E-state index in [0.717, 1.165) is 11.3 Å². The van der Waals surface area contributed by atoms with Gasteiger partial charge in [0, 0.05) is 11.3 Å². The number of anilines is 1. The van der Waals surface area contributed by atoms with Gasteiger partial charge in [-0.15, -0.1) is 10.2 Å². The summed E-state index contributed by atoms with van der Waals surface area (Å²) in [5.41, 5.74) is 3.03. The summed E-state index contributed by atoms with van der Waals surface area (Å²) in [5.74, 6) is 0.450. The summed E-state index contributed by atoms with van der Waals surface area (Å²) in [4.78, 5) is 0.135. The Morgan fingerprint density at radius 1 is 0.828 bits per heavy atom. The molecule has 7 nitrogen and oxygen atoms in total. The lowest BCUT2D eigenvalue weighted by atomic mass is 10.1. The summed E-state index contributed by atoms with van der Waals surface area (Å²) in [6.07, 6.45) is 0. The van der Waals surface area contributed by atoms with Gasteiger partial charge in [-0.25, -0.2) is 13.1 Å². The van der Waals surface area contributed by atoms with Gasteiger partial charge in [0.25, 0.3) is 10.0 Å². The lowest BCUT2D eigenvalue weighted by Crippen LogP contribution is -2.15. The van der Waals surface area contributed by atoms with Gasteiger partial charge < -0.3 is 0 Å². The Labute approximate surface area is 169 Å². The van der Waals surface area contributed by atoms with E-state index in [1.165, 1.54) is 4.68 Å². The quantitative estimate of drug-likeness (QED) is 0.546. The molecule has 2 aromatic carbocycles. The fraction of sp³-hybridized carbons (Fsp3) is 0.0952. The maximum atomic E-state index is 12.9. The van der Waals surface area contributed by atoms with Crippen LogP contribution in [0.5, 0.6) is 0 Å². The van der Waals surface area contributed by atoms with Crippen LogP contribution in [-0.4, -0.2) is 28.4 Å². The first-order valence-electron chi connectivity index (χ1n) is 8.99. The van der Waals surface area contributed by atoms with Crippen molar-refractivity contribution < 1.29 is 8.42 Å². The molecule has 1 N–H and O–H groups in total. The molecule has 2 heterocycles. The Balaban J connectivity index is 1.69. The number of benzene rings is 2. The van der Waals surface area contributed by atoms with Crippen molar-refractivity contribution >= 4 is 15.7 Å². The highest BCUT2D eigenvalue weighted by molar-refractivity contribution is 7.92. The largest absolute Gasteiger partial charge is 0.280 e. The molecule has 0 atom stereocenters. The highest BCUT2D eigenvalue weighted by Crippen LogP contribution is 2.25. The Morgan fingerprint density at radius 3 is 2.10 bits per heavy atom. The molecule has 4 rings (SSSR count). The summed E-state index contributed by atoms with van der Waals surface area (Å²) >= 11 is 0. The molecule has 0 unspecified atom stereocenters. The molecule has 0 aliphatic heterocycles. The van der Waals surface area contributed by atoms with Gasteiger partial charge in [0.1, 0.15) is 4.90 Å². The maximum absolute atomic E-state index is 12.9. The second kappa shape index (κ2) is 7.48. The molecule has 0 bridgehead atoms. The van der Waals surface area contributed by atoms with Gasteiger partial charge in [-0.3, -0.25) is 4.72 Å². The molecule has 0 saturated heterocycles. The van der Waals surface area contributed by atoms with Gasteiger partial charge >= 0.3 is 0 Å². The topological polar surface area (TPSA) is 89.8 Å². The highest BCUT2D eigenvalue weighted by atomic mass is 32.2. The molecule has 0 amide bonds. The van der Waals surface area contributed by atoms with Crippen molar-refractivity contribution in [1.82, 2.24) is 20.0 Å². The number of hydrogen-bond acceptors (Lipinski definition) is 5. The zero-order chi connectivity index (χ0) is 20.4. The molecule has 2 aromatic heterocycles. The minimum atomic E-state index is -3.79. The van der Waals surface area contributed by atoms with E-state index in [0.29, 0.717) is 22.9 Å². The zero-order valence-corrected chi connectivity index (χ0v) is 16.8. The lowest BCUT2D eigenvalue weighted by Gasteiger charge is -2.09. The molecule has 29 heavy (non-hydrogen) atoms. The first-order chi connectivity index (χ1) is 14.0. The fourth-order valence-electron chi connectivity index (χ4n) is 3.15. The summed E-state index contributed by atoms with van der Waals surface area (Å²) in [6.45, 7) is 3.36. The molecule has 0 fully saturated rings. The first kappa shape index (κ1) is 18.8. The van der Waals surface area contributed by atoms with Crippen LogP contribution < -0.4 is 4.72 Å². The van der Waals surface area contributed by atoms with Crippen LogP contribution in [0.4, 0.5) is 5.69 Å². The van der Waals surface area contributed by atoms with Gasteiger partial charge in [0.2, 0.25) is 0 Å². The number of nitrogens with one attached hydrogen (secondary N) is 1. The van der Waals surface area contributed by atoms with Crippen LogP contribution in [0.3, 0.4) is 0 Å². The number of aryl methyl sites for hydroxylation is 1. The second-order valence-corrected chi connectivity index (χ2v) is 8.15. The van der Waals surface area contributed by atoms with Gasteiger partial charge in [-0.2, -0.15) is 5.10 Å². The van der Waals surface area contributed by atoms with Crippen molar-refractivity contribution in [2.24, 2.45) is 0 Å². The molecule has 8 heteroatoms. The molecule has 0 saturated carbocycles. The van der Waals surface area contributed by atoms with Crippen LogP contribution in [0, 0.1) is 13.8 Å². The molecule has 0 spiro atoms. The van der Waals surface area contributed by atoms with Crippen molar-refractivity contribution in [3.05, 3.63) is 84.2 Å². The third-order valence-electron chi connectivity index (χ3n) is 4.46. The number of aromatic nitrogens is 4. The number of rotatable bonds is 5.